The first-order valence-electron chi connectivity index (χ1n) is 5.65. The lowest BCUT2D eigenvalue weighted by Gasteiger charge is -2.22. The molecule has 0 saturated heterocycles. The van der Waals surface area contributed by atoms with Crippen LogP contribution < -0.4 is 4.74 Å². The second-order valence-corrected chi connectivity index (χ2v) is 5.31. The number of hydrogen-bond donors (Lipinski definition) is 1. The van der Waals surface area contributed by atoms with Gasteiger partial charge in [0, 0.05) is 17.5 Å². The molecule has 0 amide bonds. The molecule has 0 radical (unpaired) electrons. The molecule has 0 heterocycles. The summed E-state index contributed by atoms with van der Waals surface area (Å²) >= 11 is 0. The summed E-state index contributed by atoms with van der Waals surface area (Å²) in [5.74, 6) is 0.920. The molecule has 0 saturated carbocycles. The van der Waals surface area contributed by atoms with Crippen LogP contribution in [0, 0.1) is 0 Å². The molecule has 0 aliphatic rings. The lowest BCUT2D eigenvalue weighted by atomic mass is 9.85. The summed E-state index contributed by atoms with van der Waals surface area (Å²) in [6.07, 6.45) is 0.279. The molecule has 0 aliphatic carbocycles. The molecular formula is C14H20O3. The van der Waals surface area contributed by atoms with Crippen molar-refractivity contribution in [2.45, 2.75) is 39.5 Å². The average Bonchev–Trinajstić information content (AvgIpc) is 2.14. The van der Waals surface area contributed by atoms with Crippen LogP contribution in [0.25, 0.3) is 0 Å². The smallest absolute Gasteiger partial charge is 0.134 e. The van der Waals surface area contributed by atoms with Gasteiger partial charge < -0.3 is 9.84 Å². The Kier molecular flexibility index (Phi) is 3.81. The Balaban J connectivity index is 3.29. The van der Waals surface area contributed by atoms with Gasteiger partial charge in [-0.1, -0.05) is 20.8 Å². The Morgan fingerprint density at radius 2 is 1.94 bits per heavy atom. The van der Waals surface area contributed by atoms with Crippen LogP contribution in [-0.4, -0.2) is 18.0 Å². The lowest BCUT2D eigenvalue weighted by molar-refractivity contribution is -0.116. The zero-order chi connectivity index (χ0) is 13.2. The van der Waals surface area contributed by atoms with E-state index in [-0.39, 0.29) is 23.4 Å². The van der Waals surface area contributed by atoms with E-state index < -0.39 is 0 Å². The molecule has 1 rings (SSSR count). The summed E-state index contributed by atoms with van der Waals surface area (Å²) in [7, 11) is 1.57. The van der Waals surface area contributed by atoms with Crippen LogP contribution in [0.3, 0.4) is 0 Å². The van der Waals surface area contributed by atoms with Crippen LogP contribution in [0.15, 0.2) is 12.1 Å². The summed E-state index contributed by atoms with van der Waals surface area (Å²) in [6.45, 7) is 7.58. The third-order valence-corrected chi connectivity index (χ3v) is 2.65. The third-order valence-electron chi connectivity index (χ3n) is 2.65. The standard InChI is InChI=1S/C14H20O3/c1-9(15)6-10-7-12(16)11(14(2,3)4)8-13(10)17-5/h7-8,16H,6H2,1-5H3. The Morgan fingerprint density at radius 1 is 1.35 bits per heavy atom. The third kappa shape index (κ3) is 3.22. The Hall–Kier alpha value is -1.51. The van der Waals surface area contributed by atoms with Crippen LogP contribution >= 0.6 is 0 Å². The Bertz CT molecular complexity index is 428. The Morgan fingerprint density at radius 3 is 2.35 bits per heavy atom. The summed E-state index contributed by atoms with van der Waals surface area (Å²) in [6, 6.07) is 3.44. The predicted molar refractivity (Wildman–Crippen MR) is 67.7 cm³/mol. The highest BCUT2D eigenvalue weighted by Gasteiger charge is 2.21. The molecule has 0 aromatic heterocycles. The molecule has 17 heavy (non-hydrogen) atoms. The zero-order valence-electron chi connectivity index (χ0n) is 11.1. The van der Waals surface area contributed by atoms with Gasteiger partial charge >= 0.3 is 0 Å². The van der Waals surface area contributed by atoms with Crippen molar-refractivity contribution in [2.24, 2.45) is 0 Å². The number of carbonyl (C=O) groups excluding carboxylic acids is 1. The monoisotopic (exact) mass is 236 g/mol. The summed E-state index contributed by atoms with van der Waals surface area (Å²) in [5.41, 5.74) is 1.39. The molecule has 0 fully saturated rings. The molecule has 1 N–H and O–H groups in total. The summed E-state index contributed by atoms with van der Waals surface area (Å²) < 4.78 is 5.27. The SMILES string of the molecule is COc1cc(C(C)(C)C)c(O)cc1CC(C)=O. The fourth-order valence-electron chi connectivity index (χ4n) is 1.81. The van der Waals surface area contributed by atoms with Gasteiger partial charge in [0.15, 0.2) is 0 Å². The van der Waals surface area contributed by atoms with Crippen LogP contribution in [0.5, 0.6) is 11.5 Å². The first-order valence-corrected chi connectivity index (χ1v) is 5.65. The minimum atomic E-state index is -0.161. The second-order valence-electron chi connectivity index (χ2n) is 5.31. The van der Waals surface area contributed by atoms with Crippen molar-refractivity contribution in [1.82, 2.24) is 0 Å². The van der Waals surface area contributed by atoms with E-state index in [2.05, 4.69) is 0 Å². The fraction of sp³-hybridized carbons (Fsp3) is 0.500. The van der Waals surface area contributed by atoms with E-state index in [0.717, 1.165) is 11.1 Å². The fourth-order valence-corrected chi connectivity index (χ4v) is 1.81. The maximum atomic E-state index is 11.1. The van der Waals surface area contributed by atoms with Gasteiger partial charge in [0.25, 0.3) is 0 Å². The highest BCUT2D eigenvalue weighted by atomic mass is 16.5. The molecule has 3 nitrogen and oxygen atoms in total. The van der Waals surface area contributed by atoms with Gasteiger partial charge in [0.05, 0.1) is 7.11 Å². The van der Waals surface area contributed by atoms with Crippen molar-refractivity contribution in [3.8, 4) is 11.5 Å². The highest BCUT2D eigenvalue weighted by molar-refractivity contribution is 5.79. The van der Waals surface area contributed by atoms with Gasteiger partial charge in [0.2, 0.25) is 0 Å². The van der Waals surface area contributed by atoms with Crippen LogP contribution in [0.4, 0.5) is 0 Å². The van der Waals surface area contributed by atoms with Gasteiger partial charge in [-0.25, -0.2) is 0 Å². The quantitative estimate of drug-likeness (QED) is 0.877. The van der Waals surface area contributed by atoms with Crippen molar-refractivity contribution >= 4 is 5.78 Å². The second kappa shape index (κ2) is 4.78. The molecule has 0 spiro atoms. The average molecular weight is 236 g/mol. The molecule has 1 aromatic carbocycles. The lowest BCUT2D eigenvalue weighted by Crippen LogP contribution is -2.12. The molecule has 0 unspecified atom stereocenters. The minimum absolute atomic E-state index is 0.0474. The van der Waals surface area contributed by atoms with Crippen molar-refractivity contribution in [3.63, 3.8) is 0 Å². The highest BCUT2D eigenvalue weighted by Crippen LogP contribution is 2.36. The van der Waals surface area contributed by atoms with E-state index in [0.29, 0.717) is 5.75 Å². The van der Waals surface area contributed by atoms with Gasteiger partial charge in [0.1, 0.15) is 17.3 Å². The normalized spacial score (nSPS) is 11.4. The number of ketones is 1. The van der Waals surface area contributed by atoms with Crippen molar-refractivity contribution < 1.29 is 14.6 Å². The zero-order valence-corrected chi connectivity index (χ0v) is 11.1. The maximum absolute atomic E-state index is 11.1. The van der Waals surface area contributed by atoms with E-state index in [9.17, 15) is 9.90 Å². The topological polar surface area (TPSA) is 46.5 Å². The largest absolute Gasteiger partial charge is 0.508 e. The molecule has 1 aromatic rings. The number of benzene rings is 1. The summed E-state index contributed by atoms with van der Waals surface area (Å²) in [5, 5.41) is 9.99. The van der Waals surface area contributed by atoms with E-state index in [1.54, 1.807) is 13.2 Å². The van der Waals surface area contributed by atoms with E-state index in [1.165, 1.54) is 6.92 Å². The first-order chi connectivity index (χ1) is 7.75. The van der Waals surface area contributed by atoms with Gasteiger partial charge in [-0.05, 0) is 24.5 Å². The molecule has 0 aliphatic heterocycles. The molecular weight excluding hydrogens is 216 g/mol. The number of Topliss-reactive ketones (excluding diaryl/α,β-unsaturated/α-hetero) is 1. The van der Waals surface area contributed by atoms with Crippen molar-refractivity contribution in [2.75, 3.05) is 7.11 Å². The van der Waals surface area contributed by atoms with Crippen molar-refractivity contribution in [3.05, 3.63) is 23.3 Å². The van der Waals surface area contributed by atoms with E-state index in [1.807, 2.05) is 26.8 Å². The van der Waals surface area contributed by atoms with E-state index in [4.69, 9.17) is 4.74 Å². The number of aromatic hydroxyl groups is 1. The number of rotatable bonds is 3. The van der Waals surface area contributed by atoms with Gasteiger partial charge in [-0.15, -0.1) is 0 Å². The van der Waals surface area contributed by atoms with Crippen molar-refractivity contribution in [1.29, 1.82) is 0 Å². The first kappa shape index (κ1) is 13.6. The molecule has 0 bridgehead atoms. The minimum Gasteiger partial charge on any atom is -0.508 e. The summed E-state index contributed by atoms with van der Waals surface area (Å²) in [4.78, 5) is 11.1. The number of ether oxygens (including phenoxy) is 1. The Labute approximate surface area is 102 Å². The van der Waals surface area contributed by atoms with Gasteiger partial charge in [-0.2, -0.15) is 0 Å². The number of phenolic OH excluding ortho intramolecular Hbond substituents is 1. The molecule has 0 atom stereocenters. The number of phenols is 1. The van der Waals surface area contributed by atoms with Crippen LogP contribution in [0.2, 0.25) is 0 Å². The van der Waals surface area contributed by atoms with Crippen LogP contribution in [0.1, 0.15) is 38.8 Å². The van der Waals surface area contributed by atoms with Crippen LogP contribution in [-0.2, 0) is 16.6 Å². The number of carbonyl (C=O) groups is 1. The number of methoxy groups -OCH3 is 1. The molecule has 3 heteroatoms. The predicted octanol–water partition coefficient (Wildman–Crippen LogP) is 2.83. The van der Waals surface area contributed by atoms with Gasteiger partial charge in [-0.3, -0.25) is 4.79 Å². The maximum Gasteiger partial charge on any atom is 0.134 e. The number of hydrogen-bond acceptors (Lipinski definition) is 3. The molecule has 94 valence electrons. The van der Waals surface area contributed by atoms with E-state index >= 15 is 0 Å².